The van der Waals surface area contributed by atoms with Crippen molar-refractivity contribution in [3.05, 3.63) is 70.2 Å². The molecule has 0 spiro atoms. The Morgan fingerprint density at radius 3 is 2.41 bits per heavy atom. The molecular formula is C26H23ClN2O4S. The standard InChI is InChI=1S/C26H23ClN2O4S/c1-3-32-22(33-4-2)13-29-12-18(16-7-5-6-8-20(16)29)23-24(26(31)28-25(23)30)19-14-34-21-10-9-15(27)11-17(19)21/h5-12,14,22H,3-4,13H2,1-2H3,(H,28,30,31). The highest BCUT2D eigenvalue weighted by atomic mass is 35.5. The fraction of sp³-hybridized carbons (Fsp3) is 0.231. The molecule has 1 aliphatic heterocycles. The van der Waals surface area contributed by atoms with E-state index >= 15 is 0 Å². The van der Waals surface area contributed by atoms with E-state index in [2.05, 4.69) is 5.32 Å². The maximum Gasteiger partial charge on any atom is 0.259 e. The number of carbonyl (C=O) groups is 2. The molecular weight excluding hydrogens is 472 g/mol. The zero-order valence-electron chi connectivity index (χ0n) is 18.8. The predicted octanol–water partition coefficient (Wildman–Crippen LogP) is 5.48. The summed E-state index contributed by atoms with van der Waals surface area (Å²) in [5.41, 5.74) is 3.07. The number of ether oxygens (including phenoxy) is 2. The van der Waals surface area contributed by atoms with E-state index in [-0.39, 0.29) is 0 Å². The van der Waals surface area contributed by atoms with E-state index in [0.29, 0.717) is 47.1 Å². The third-order valence-electron chi connectivity index (χ3n) is 5.84. The lowest BCUT2D eigenvalue weighted by molar-refractivity contribution is -0.143. The van der Waals surface area contributed by atoms with Crippen molar-refractivity contribution in [1.29, 1.82) is 0 Å². The van der Waals surface area contributed by atoms with Gasteiger partial charge in [-0.25, -0.2) is 0 Å². The Bertz CT molecular complexity index is 1450. The van der Waals surface area contributed by atoms with Crippen molar-refractivity contribution in [3.63, 3.8) is 0 Å². The van der Waals surface area contributed by atoms with Crippen molar-refractivity contribution < 1.29 is 19.1 Å². The lowest BCUT2D eigenvalue weighted by atomic mass is 9.95. The minimum atomic E-state index is -0.422. The average Bonchev–Trinajstić information content (AvgIpc) is 3.47. The van der Waals surface area contributed by atoms with Crippen LogP contribution in [0.2, 0.25) is 5.02 Å². The molecule has 4 aromatic rings. The number of aromatic nitrogens is 1. The number of rotatable bonds is 8. The number of hydrogen-bond acceptors (Lipinski definition) is 5. The van der Waals surface area contributed by atoms with Gasteiger partial charge in [0, 0.05) is 61.9 Å². The molecule has 0 bridgehead atoms. The minimum absolute atomic E-state index is 0.365. The summed E-state index contributed by atoms with van der Waals surface area (Å²) in [4.78, 5) is 26.1. The van der Waals surface area contributed by atoms with E-state index in [1.807, 2.05) is 72.5 Å². The van der Waals surface area contributed by atoms with Crippen LogP contribution in [-0.4, -0.2) is 35.9 Å². The summed E-state index contributed by atoms with van der Waals surface area (Å²) < 4.78 is 14.5. The summed E-state index contributed by atoms with van der Waals surface area (Å²) in [6.45, 7) is 5.35. The number of halogens is 1. The van der Waals surface area contributed by atoms with Gasteiger partial charge in [0.15, 0.2) is 6.29 Å². The number of hydrogen-bond donors (Lipinski definition) is 1. The second kappa shape index (κ2) is 9.35. The van der Waals surface area contributed by atoms with Crippen molar-refractivity contribution in [2.45, 2.75) is 26.7 Å². The molecule has 1 N–H and O–H groups in total. The first-order valence-corrected chi connectivity index (χ1v) is 12.4. The quantitative estimate of drug-likeness (QED) is 0.260. The normalized spacial score (nSPS) is 14.2. The van der Waals surface area contributed by atoms with Crippen LogP contribution in [0.4, 0.5) is 0 Å². The molecule has 174 valence electrons. The molecule has 0 fully saturated rings. The van der Waals surface area contributed by atoms with Gasteiger partial charge in [-0.15, -0.1) is 11.3 Å². The molecule has 0 aliphatic carbocycles. The van der Waals surface area contributed by atoms with Gasteiger partial charge in [0.2, 0.25) is 0 Å². The van der Waals surface area contributed by atoms with Gasteiger partial charge in [-0.05, 0) is 38.1 Å². The molecule has 0 unspecified atom stereocenters. The average molecular weight is 495 g/mol. The molecule has 0 atom stereocenters. The van der Waals surface area contributed by atoms with Crippen LogP contribution in [0.5, 0.6) is 0 Å². The fourth-order valence-corrected chi connectivity index (χ4v) is 5.55. The molecule has 2 aromatic carbocycles. The van der Waals surface area contributed by atoms with E-state index in [4.69, 9.17) is 21.1 Å². The van der Waals surface area contributed by atoms with Crippen molar-refractivity contribution in [1.82, 2.24) is 9.88 Å². The molecule has 0 saturated carbocycles. The number of para-hydroxylation sites is 1. The van der Waals surface area contributed by atoms with Gasteiger partial charge >= 0.3 is 0 Å². The summed E-state index contributed by atoms with van der Waals surface area (Å²) in [5, 5.41) is 6.72. The molecule has 5 rings (SSSR count). The van der Waals surface area contributed by atoms with E-state index in [0.717, 1.165) is 21.0 Å². The first-order chi connectivity index (χ1) is 16.5. The van der Waals surface area contributed by atoms with Gasteiger partial charge in [-0.2, -0.15) is 0 Å². The molecule has 3 heterocycles. The zero-order chi connectivity index (χ0) is 23.8. The summed E-state index contributed by atoms with van der Waals surface area (Å²) in [5.74, 6) is -0.812. The zero-order valence-corrected chi connectivity index (χ0v) is 20.3. The number of nitrogens with one attached hydrogen (secondary N) is 1. The lowest BCUT2D eigenvalue weighted by Crippen LogP contribution is -2.23. The van der Waals surface area contributed by atoms with Crippen LogP contribution in [0.3, 0.4) is 0 Å². The van der Waals surface area contributed by atoms with Crippen LogP contribution < -0.4 is 5.32 Å². The number of fused-ring (bicyclic) bond motifs is 2. The Labute approximate surface area is 205 Å². The maximum atomic E-state index is 13.1. The minimum Gasteiger partial charge on any atom is -0.351 e. The number of carbonyl (C=O) groups excluding carboxylic acids is 2. The van der Waals surface area contributed by atoms with Gasteiger partial charge in [0.05, 0.1) is 17.7 Å². The molecule has 0 saturated heterocycles. The van der Waals surface area contributed by atoms with Crippen LogP contribution in [0.25, 0.3) is 32.1 Å². The van der Waals surface area contributed by atoms with E-state index < -0.39 is 18.1 Å². The van der Waals surface area contributed by atoms with Gasteiger partial charge < -0.3 is 14.0 Å². The Hall–Kier alpha value is -2.97. The van der Waals surface area contributed by atoms with Crippen LogP contribution in [0.1, 0.15) is 25.0 Å². The highest BCUT2D eigenvalue weighted by Crippen LogP contribution is 2.40. The molecule has 34 heavy (non-hydrogen) atoms. The van der Waals surface area contributed by atoms with E-state index in [1.54, 1.807) is 0 Å². The number of amides is 2. The maximum absolute atomic E-state index is 13.1. The molecule has 2 amide bonds. The molecule has 2 aromatic heterocycles. The SMILES string of the molecule is CCOC(Cn1cc(C2=C(c3csc4ccc(Cl)cc34)C(=O)NC2=O)c2ccccc21)OCC. The summed E-state index contributed by atoms with van der Waals surface area (Å²) in [6.07, 6.45) is 1.49. The highest BCUT2D eigenvalue weighted by Gasteiger charge is 2.35. The summed E-state index contributed by atoms with van der Waals surface area (Å²) in [6, 6.07) is 13.4. The Kier molecular flexibility index (Phi) is 6.27. The van der Waals surface area contributed by atoms with Gasteiger partial charge in [0.25, 0.3) is 11.8 Å². The van der Waals surface area contributed by atoms with Crippen molar-refractivity contribution >= 4 is 66.9 Å². The number of nitrogens with zero attached hydrogens (tertiary/aromatic N) is 1. The van der Waals surface area contributed by atoms with Crippen molar-refractivity contribution in [3.8, 4) is 0 Å². The van der Waals surface area contributed by atoms with Crippen LogP contribution >= 0.6 is 22.9 Å². The van der Waals surface area contributed by atoms with Gasteiger partial charge in [0.1, 0.15) is 0 Å². The summed E-state index contributed by atoms with van der Waals surface area (Å²) in [7, 11) is 0. The number of thiophene rings is 1. The van der Waals surface area contributed by atoms with Crippen LogP contribution in [-0.2, 0) is 25.6 Å². The lowest BCUT2D eigenvalue weighted by Gasteiger charge is -2.18. The van der Waals surface area contributed by atoms with E-state index in [9.17, 15) is 9.59 Å². The van der Waals surface area contributed by atoms with E-state index in [1.165, 1.54) is 11.3 Å². The summed E-state index contributed by atoms with van der Waals surface area (Å²) >= 11 is 7.76. The van der Waals surface area contributed by atoms with Crippen molar-refractivity contribution in [2.75, 3.05) is 13.2 Å². The molecule has 1 aliphatic rings. The molecule has 6 nitrogen and oxygen atoms in total. The van der Waals surface area contributed by atoms with Crippen LogP contribution in [0, 0.1) is 0 Å². The smallest absolute Gasteiger partial charge is 0.259 e. The first-order valence-electron chi connectivity index (χ1n) is 11.1. The third-order valence-corrected chi connectivity index (χ3v) is 7.04. The van der Waals surface area contributed by atoms with Gasteiger partial charge in [-0.1, -0.05) is 29.8 Å². The predicted molar refractivity (Wildman–Crippen MR) is 136 cm³/mol. The number of imide groups is 1. The second-order valence-corrected chi connectivity index (χ2v) is 9.22. The topological polar surface area (TPSA) is 69.6 Å². The van der Waals surface area contributed by atoms with Gasteiger partial charge in [-0.3, -0.25) is 14.9 Å². The number of benzene rings is 2. The Balaban J connectivity index is 1.71. The largest absolute Gasteiger partial charge is 0.351 e. The Morgan fingerprint density at radius 1 is 0.971 bits per heavy atom. The Morgan fingerprint density at radius 2 is 1.68 bits per heavy atom. The fourth-order valence-electron chi connectivity index (χ4n) is 4.45. The monoisotopic (exact) mass is 494 g/mol. The second-order valence-electron chi connectivity index (χ2n) is 7.88. The van der Waals surface area contributed by atoms with Crippen LogP contribution in [0.15, 0.2) is 54.0 Å². The van der Waals surface area contributed by atoms with Crippen molar-refractivity contribution in [2.24, 2.45) is 0 Å². The third kappa shape index (κ3) is 3.95. The highest BCUT2D eigenvalue weighted by molar-refractivity contribution is 7.17. The first kappa shape index (κ1) is 22.8. The molecule has 0 radical (unpaired) electrons. The molecule has 8 heteroatoms.